The molecular weight excluding hydrogens is 314 g/mol. The standard InChI is InChI=1S/C18H23NO3.ClH/c1-13(18(20)15-7-5-4-6-8-15)19-12-14-9-10-16(21-2)17(11-14)22-3;/h4-11,13,18-20H,12H2,1-3H3;1H. The number of hydrogen-bond acceptors (Lipinski definition) is 4. The van der Waals surface area contributed by atoms with Crippen molar-refractivity contribution in [2.45, 2.75) is 25.6 Å². The summed E-state index contributed by atoms with van der Waals surface area (Å²) in [4.78, 5) is 0. The van der Waals surface area contributed by atoms with Crippen LogP contribution in [0.4, 0.5) is 0 Å². The molecule has 4 nitrogen and oxygen atoms in total. The quantitative estimate of drug-likeness (QED) is 0.813. The van der Waals surface area contributed by atoms with Crippen LogP contribution in [0.3, 0.4) is 0 Å². The Balaban J connectivity index is 0.00000264. The van der Waals surface area contributed by atoms with E-state index in [9.17, 15) is 5.11 Å². The van der Waals surface area contributed by atoms with Crippen LogP contribution in [0, 0.1) is 0 Å². The van der Waals surface area contributed by atoms with Crippen molar-refractivity contribution in [3.63, 3.8) is 0 Å². The van der Waals surface area contributed by atoms with Crippen LogP contribution in [0.1, 0.15) is 24.2 Å². The van der Waals surface area contributed by atoms with Crippen LogP contribution in [0.5, 0.6) is 11.5 Å². The van der Waals surface area contributed by atoms with E-state index < -0.39 is 6.10 Å². The van der Waals surface area contributed by atoms with Gasteiger partial charge in [0.25, 0.3) is 0 Å². The topological polar surface area (TPSA) is 50.7 Å². The van der Waals surface area contributed by atoms with Gasteiger partial charge in [0.15, 0.2) is 11.5 Å². The number of rotatable bonds is 7. The van der Waals surface area contributed by atoms with Crippen LogP contribution in [0.2, 0.25) is 0 Å². The first-order valence-corrected chi connectivity index (χ1v) is 7.33. The first-order chi connectivity index (χ1) is 10.7. The third kappa shape index (κ3) is 5.13. The second-order valence-electron chi connectivity index (χ2n) is 5.21. The molecule has 0 heterocycles. The highest BCUT2D eigenvalue weighted by atomic mass is 35.5. The van der Waals surface area contributed by atoms with E-state index in [-0.39, 0.29) is 18.4 Å². The van der Waals surface area contributed by atoms with Gasteiger partial charge in [-0.25, -0.2) is 0 Å². The molecule has 2 N–H and O–H groups in total. The van der Waals surface area contributed by atoms with Crippen molar-refractivity contribution in [2.24, 2.45) is 0 Å². The lowest BCUT2D eigenvalue weighted by molar-refractivity contribution is 0.135. The second kappa shape index (κ2) is 9.40. The van der Waals surface area contributed by atoms with Crippen LogP contribution in [-0.4, -0.2) is 25.4 Å². The van der Waals surface area contributed by atoms with Crippen molar-refractivity contribution in [3.05, 3.63) is 59.7 Å². The summed E-state index contributed by atoms with van der Waals surface area (Å²) in [6, 6.07) is 15.4. The van der Waals surface area contributed by atoms with Gasteiger partial charge in [-0.3, -0.25) is 0 Å². The van der Waals surface area contributed by atoms with Gasteiger partial charge >= 0.3 is 0 Å². The summed E-state index contributed by atoms with van der Waals surface area (Å²) in [5, 5.41) is 13.7. The maximum Gasteiger partial charge on any atom is 0.161 e. The van der Waals surface area contributed by atoms with E-state index in [2.05, 4.69) is 5.32 Å². The third-order valence-corrected chi connectivity index (χ3v) is 3.69. The van der Waals surface area contributed by atoms with Crippen LogP contribution in [0.15, 0.2) is 48.5 Å². The highest BCUT2D eigenvalue weighted by Gasteiger charge is 2.15. The largest absolute Gasteiger partial charge is 0.493 e. The Morgan fingerprint density at radius 3 is 2.26 bits per heavy atom. The van der Waals surface area contributed by atoms with E-state index in [0.29, 0.717) is 18.0 Å². The molecule has 2 aromatic carbocycles. The van der Waals surface area contributed by atoms with Crippen LogP contribution < -0.4 is 14.8 Å². The molecule has 2 unspecified atom stereocenters. The third-order valence-electron chi connectivity index (χ3n) is 3.69. The van der Waals surface area contributed by atoms with E-state index in [1.165, 1.54) is 0 Å². The number of halogens is 1. The lowest BCUT2D eigenvalue weighted by atomic mass is 10.0. The van der Waals surface area contributed by atoms with E-state index in [1.807, 2.05) is 55.5 Å². The lowest BCUT2D eigenvalue weighted by Crippen LogP contribution is -2.31. The predicted octanol–water partition coefficient (Wildman–Crippen LogP) is 3.34. The number of aliphatic hydroxyl groups is 1. The zero-order valence-electron chi connectivity index (χ0n) is 13.7. The minimum absolute atomic E-state index is 0. The van der Waals surface area contributed by atoms with Gasteiger partial charge in [-0.05, 0) is 30.2 Å². The molecule has 2 rings (SSSR count). The van der Waals surface area contributed by atoms with Crippen molar-refractivity contribution < 1.29 is 14.6 Å². The maximum atomic E-state index is 10.3. The molecule has 0 aliphatic heterocycles. The normalized spacial score (nSPS) is 12.9. The summed E-state index contributed by atoms with van der Waals surface area (Å²) in [6.07, 6.45) is -0.540. The van der Waals surface area contributed by atoms with Crippen LogP contribution in [0.25, 0.3) is 0 Å². The average Bonchev–Trinajstić information content (AvgIpc) is 2.59. The summed E-state index contributed by atoms with van der Waals surface area (Å²) >= 11 is 0. The average molecular weight is 338 g/mol. The van der Waals surface area contributed by atoms with Gasteiger partial charge in [0.1, 0.15) is 0 Å². The monoisotopic (exact) mass is 337 g/mol. The molecule has 0 saturated carbocycles. The summed E-state index contributed by atoms with van der Waals surface area (Å²) in [6.45, 7) is 2.61. The van der Waals surface area contributed by atoms with Gasteiger partial charge in [0, 0.05) is 12.6 Å². The smallest absolute Gasteiger partial charge is 0.161 e. The highest BCUT2D eigenvalue weighted by Crippen LogP contribution is 2.27. The minimum atomic E-state index is -0.540. The fourth-order valence-electron chi connectivity index (χ4n) is 2.32. The molecule has 0 radical (unpaired) electrons. The molecule has 0 fully saturated rings. The van der Waals surface area contributed by atoms with Gasteiger partial charge in [0.2, 0.25) is 0 Å². The molecule has 0 aromatic heterocycles. The molecule has 0 aliphatic rings. The molecule has 0 aliphatic carbocycles. The van der Waals surface area contributed by atoms with E-state index in [1.54, 1.807) is 14.2 Å². The minimum Gasteiger partial charge on any atom is -0.493 e. The number of methoxy groups -OCH3 is 2. The Morgan fingerprint density at radius 2 is 1.65 bits per heavy atom. The highest BCUT2D eigenvalue weighted by molar-refractivity contribution is 5.85. The summed E-state index contributed by atoms with van der Waals surface area (Å²) in [5.41, 5.74) is 1.99. The summed E-state index contributed by atoms with van der Waals surface area (Å²) in [5.74, 6) is 1.42. The molecule has 0 spiro atoms. The molecule has 126 valence electrons. The Morgan fingerprint density at radius 1 is 1.00 bits per heavy atom. The second-order valence-corrected chi connectivity index (χ2v) is 5.21. The molecule has 0 saturated heterocycles. The van der Waals surface area contributed by atoms with Crippen LogP contribution >= 0.6 is 12.4 Å². The van der Waals surface area contributed by atoms with E-state index in [0.717, 1.165) is 11.1 Å². The van der Waals surface area contributed by atoms with Crippen LogP contribution in [-0.2, 0) is 6.54 Å². The summed E-state index contributed by atoms with van der Waals surface area (Å²) < 4.78 is 10.5. The zero-order valence-corrected chi connectivity index (χ0v) is 14.5. The summed E-state index contributed by atoms with van der Waals surface area (Å²) in [7, 11) is 3.24. The first kappa shape index (κ1) is 19.3. The number of hydrogen-bond donors (Lipinski definition) is 2. The SMILES string of the molecule is COc1ccc(CNC(C)C(O)c2ccccc2)cc1OC.Cl. The van der Waals surface area contributed by atoms with E-state index >= 15 is 0 Å². The predicted molar refractivity (Wildman–Crippen MR) is 94.5 cm³/mol. The molecule has 2 aromatic rings. The Kier molecular flexibility index (Phi) is 7.89. The number of aliphatic hydroxyl groups excluding tert-OH is 1. The Hall–Kier alpha value is -1.75. The molecular formula is C18H24ClNO3. The number of nitrogens with one attached hydrogen (secondary N) is 1. The molecule has 5 heteroatoms. The molecule has 0 amide bonds. The Bertz CT molecular complexity index is 592. The van der Waals surface area contributed by atoms with Gasteiger partial charge in [0.05, 0.1) is 20.3 Å². The zero-order chi connectivity index (χ0) is 15.9. The molecule has 2 atom stereocenters. The maximum absolute atomic E-state index is 10.3. The van der Waals surface area contributed by atoms with Gasteiger partial charge in [-0.1, -0.05) is 36.4 Å². The van der Waals surface area contributed by atoms with Crippen molar-refractivity contribution >= 4 is 12.4 Å². The van der Waals surface area contributed by atoms with E-state index in [4.69, 9.17) is 9.47 Å². The number of benzene rings is 2. The van der Waals surface area contributed by atoms with Crippen molar-refractivity contribution in [1.82, 2.24) is 5.32 Å². The molecule has 23 heavy (non-hydrogen) atoms. The fourth-order valence-corrected chi connectivity index (χ4v) is 2.32. The number of ether oxygens (including phenoxy) is 2. The Labute approximate surface area is 143 Å². The fraction of sp³-hybridized carbons (Fsp3) is 0.333. The van der Waals surface area contributed by atoms with Gasteiger partial charge < -0.3 is 19.9 Å². The molecule has 0 bridgehead atoms. The van der Waals surface area contributed by atoms with Crippen molar-refractivity contribution in [3.8, 4) is 11.5 Å². The van der Waals surface area contributed by atoms with Gasteiger partial charge in [-0.15, -0.1) is 12.4 Å². The first-order valence-electron chi connectivity index (χ1n) is 7.33. The van der Waals surface area contributed by atoms with Gasteiger partial charge in [-0.2, -0.15) is 0 Å². The van der Waals surface area contributed by atoms with Crippen molar-refractivity contribution in [1.29, 1.82) is 0 Å². The lowest BCUT2D eigenvalue weighted by Gasteiger charge is -2.21. The van der Waals surface area contributed by atoms with Crippen molar-refractivity contribution in [2.75, 3.05) is 14.2 Å².